The molecule has 7 heteroatoms. The van der Waals surface area contributed by atoms with Gasteiger partial charge in [-0.2, -0.15) is 0 Å². The molecular weight excluding hydrogens is 382 g/mol. The second-order valence-corrected chi connectivity index (χ2v) is 7.30. The fourth-order valence-corrected chi connectivity index (χ4v) is 3.34. The third-order valence-electron chi connectivity index (χ3n) is 5.11. The maximum absolute atomic E-state index is 12.7. The molecule has 2 heterocycles. The lowest BCUT2D eigenvalue weighted by Crippen LogP contribution is -2.29. The highest BCUT2D eigenvalue weighted by Crippen LogP contribution is 2.23. The van der Waals surface area contributed by atoms with E-state index in [1.54, 1.807) is 13.1 Å². The van der Waals surface area contributed by atoms with Crippen LogP contribution in [0.25, 0.3) is 0 Å². The second-order valence-electron chi connectivity index (χ2n) is 7.30. The van der Waals surface area contributed by atoms with Crippen molar-refractivity contribution < 1.29 is 19.1 Å². The van der Waals surface area contributed by atoms with Gasteiger partial charge in [0.05, 0.1) is 13.2 Å². The van der Waals surface area contributed by atoms with Crippen LogP contribution in [0.1, 0.15) is 64.2 Å². The van der Waals surface area contributed by atoms with Crippen molar-refractivity contribution in [1.82, 2.24) is 15.6 Å². The van der Waals surface area contributed by atoms with Crippen LogP contribution in [-0.4, -0.2) is 49.9 Å². The van der Waals surface area contributed by atoms with Gasteiger partial charge in [-0.15, -0.1) is 0 Å². The Hall–Kier alpha value is -2.77. The molecule has 1 aromatic heterocycles. The Labute approximate surface area is 177 Å². The van der Waals surface area contributed by atoms with Crippen LogP contribution in [0.5, 0.6) is 0 Å². The number of benzene rings is 1. The van der Waals surface area contributed by atoms with Crippen LogP contribution in [0.4, 0.5) is 0 Å². The van der Waals surface area contributed by atoms with Crippen molar-refractivity contribution in [1.29, 1.82) is 0 Å². The lowest BCUT2D eigenvalue weighted by Gasteiger charge is -2.23. The minimum Gasteiger partial charge on any atom is -0.354 e. The molecule has 0 bridgehead atoms. The maximum Gasteiger partial charge on any atom is 0.269 e. The van der Waals surface area contributed by atoms with Crippen LogP contribution in [0.15, 0.2) is 42.5 Å². The van der Waals surface area contributed by atoms with Gasteiger partial charge in [-0.3, -0.25) is 9.59 Å². The number of carbonyl (C=O) groups excluding carboxylic acids is 2. The Balaban J connectivity index is 1.69. The Morgan fingerprint density at radius 2 is 1.87 bits per heavy atom. The van der Waals surface area contributed by atoms with Gasteiger partial charge in [0.1, 0.15) is 5.69 Å². The zero-order chi connectivity index (χ0) is 21.3. The summed E-state index contributed by atoms with van der Waals surface area (Å²) < 4.78 is 11.0. The van der Waals surface area contributed by atoms with Crippen LogP contribution in [0.3, 0.4) is 0 Å². The van der Waals surface area contributed by atoms with E-state index in [2.05, 4.69) is 15.6 Å². The van der Waals surface area contributed by atoms with Gasteiger partial charge < -0.3 is 20.1 Å². The predicted octanol–water partition coefficient (Wildman–Crippen LogP) is 2.87. The zero-order valence-electron chi connectivity index (χ0n) is 17.5. The van der Waals surface area contributed by atoms with Gasteiger partial charge in [-0.25, -0.2) is 4.98 Å². The molecule has 0 aliphatic carbocycles. The van der Waals surface area contributed by atoms with E-state index >= 15 is 0 Å². The summed E-state index contributed by atoms with van der Waals surface area (Å²) in [6, 6.07) is 13.2. The number of amides is 2. The minimum absolute atomic E-state index is 0.0528. The molecule has 2 N–H and O–H groups in total. The highest BCUT2D eigenvalue weighted by atomic mass is 16.7. The van der Waals surface area contributed by atoms with Gasteiger partial charge in [0, 0.05) is 37.2 Å². The van der Waals surface area contributed by atoms with Gasteiger partial charge in [0.2, 0.25) is 0 Å². The number of hydrogen-bond donors (Lipinski definition) is 2. The van der Waals surface area contributed by atoms with Crippen molar-refractivity contribution >= 4 is 11.8 Å². The molecule has 3 rings (SSSR count). The van der Waals surface area contributed by atoms with E-state index in [4.69, 9.17) is 9.47 Å². The first-order valence-electron chi connectivity index (χ1n) is 10.4. The van der Waals surface area contributed by atoms with Crippen LogP contribution < -0.4 is 10.6 Å². The molecule has 1 aliphatic rings. The molecule has 0 unspecified atom stereocenters. The molecule has 2 aromatic rings. The summed E-state index contributed by atoms with van der Waals surface area (Å²) in [6.45, 7) is 3.96. The molecule has 1 fully saturated rings. The highest BCUT2D eigenvalue weighted by Gasteiger charge is 2.18. The molecule has 0 saturated carbocycles. The van der Waals surface area contributed by atoms with Gasteiger partial charge in [-0.05, 0) is 30.5 Å². The summed E-state index contributed by atoms with van der Waals surface area (Å²) >= 11 is 0. The number of ether oxygens (including phenoxy) is 2. The van der Waals surface area contributed by atoms with Crippen LogP contribution in [-0.2, 0) is 9.47 Å². The first-order valence-corrected chi connectivity index (χ1v) is 10.4. The number of pyridine rings is 1. The van der Waals surface area contributed by atoms with Gasteiger partial charge in [-0.1, -0.05) is 37.3 Å². The van der Waals surface area contributed by atoms with Crippen molar-refractivity contribution in [2.24, 2.45) is 0 Å². The van der Waals surface area contributed by atoms with Crippen molar-refractivity contribution in [2.45, 2.75) is 38.4 Å². The third-order valence-corrected chi connectivity index (χ3v) is 5.11. The van der Waals surface area contributed by atoms with E-state index in [1.807, 2.05) is 37.3 Å². The lowest BCUT2D eigenvalue weighted by molar-refractivity contribution is -0.181. The molecule has 2 amide bonds. The third kappa shape index (κ3) is 5.87. The zero-order valence-corrected chi connectivity index (χ0v) is 17.5. The van der Waals surface area contributed by atoms with Gasteiger partial charge in [0.15, 0.2) is 6.29 Å². The predicted molar refractivity (Wildman–Crippen MR) is 113 cm³/mol. The number of aromatic nitrogens is 1. The van der Waals surface area contributed by atoms with Gasteiger partial charge >= 0.3 is 0 Å². The van der Waals surface area contributed by atoms with E-state index in [9.17, 15) is 9.59 Å². The van der Waals surface area contributed by atoms with E-state index < -0.39 is 0 Å². The molecule has 1 aliphatic heterocycles. The fourth-order valence-electron chi connectivity index (χ4n) is 3.34. The number of nitrogens with one attached hydrogen (secondary N) is 2. The molecule has 160 valence electrons. The van der Waals surface area contributed by atoms with Gasteiger partial charge in [0.25, 0.3) is 11.8 Å². The highest BCUT2D eigenvalue weighted by molar-refractivity contribution is 5.98. The standard InChI is InChI=1S/C23H29N3O4/c1-16(17-8-4-3-5-9-17)19-14-18(15-20(26-19)23(28)24-2)22(27)25-11-6-10-21-29-12-7-13-30-21/h3-5,8-9,14-16,21H,6-7,10-13H2,1-2H3,(H,24,28)(H,25,27)/t16-/m0/s1. The summed E-state index contributed by atoms with van der Waals surface area (Å²) in [6.07, 6.45) is 2.22. The molecule has 0 radical (unpaired) electrons. The topological polar surface area (TPSA) is 89.6 Å². The molecule has 1 aromatic carbocycles. The van der Waals surface area contributed by atoms with Crippen molar-refractivity contribution in [3.8, 4) is 0 Å². The minimum atomic E-state index is -0.322. The number of hydrogen-bond acceptors (Lipinski definition) is 5. The summed E-state index contributed by atoms with van der Waals surface area (Å²) in [5.41, 5.74) is 2.40. The fraction of sp³-hybridized carbons (Fsp3) is 0.435. The van der Waals surface area contributed by atoms with Crippen LogP contribution >= 0.6 is 0 Å². The molecule has 30 heavy (non-hydrogen) atoms. The van der Waals surface area contributed by atoms with Crippen molar-refractivity contribution in [3.05, 3.63) is 65.0 Å². The first kappa shape index (κ1) is 21.9. The summed E-state index contributed by atoms with van der Waals surface area (Å²) in [5.74, 6) is -0.602. The number of rotatable bonds is 8. The van der Waals surface area contributed by atoms with Crippen molar-refractivity contribution in [2.75, 3.05) is 26.8 Å². The van der Waals surface area contributed by atoms with E-state index in [-0.39, 0.29) is 29.7 Å². The Morgan fingerprint density at radius 3 is 2.57 bits per heavy atom. The SMILES string of the molecule is CNC(=O)c1cc(C(=O)NCCCC2OCCCO2)cc([C@@H](C)c2ccccc2)n1. The largest absolute Gasteiger partial charge is 0.354 e. The normalized spacial score (nSPS) is 15.4. The number of nitrogens with zero attached hydrogens (tertiary/aromatic N) is 1. The Morgan fingerprint density at radius 1 is 1.13 bits per heavy atom. The monoisotopic (exact) mass is 411 g/mol. The Kier molecular flexibility index (Phi) is 7.93. The quantitative estimate of drug-likeness (QED) is 0.652. The second kappa shape index (κ2) is 10.8. The summed E-state index contributed by atoms with van der Waals surface area (Å²) in [4.78, 5) is 29.4. The van der Waals surface area contributed by atoms with E-state index in [0.29, 0.717) is 17.8 Å². The summed E-state index contributed by atoms with van der Waals surface area (Å²) in [5, 5.41) is 5.50. The summed E-state index contributed by atoms with van der Waals surface area (Å²) in [7, 11) is 1.55. The van der Waals surface area contributed by atoms with Crippen LogP contribution in [0.2, 0.25) is 0 Å². The molecule has 0 spiro atoms. The molecule has 1 atom stereocenters. The average molecular weight is 412 g/mol. The van der Waals surface area contributed by atoms with E-state index in [1.165, 1.54) is 6.07 Å². The first-order chi connectivity index (χ1) is 14.6. The van der Waals surface area contributed by atoms with Crippen LogP contribution in [0, 0.1) is 0 Å². The van der Waals surface area contributed by atoms with Crippen molar-refractivity contribution in [3.63, 3.8) is 0 Å². The smallest absolute Gasteiger partial charge is 0.269 e. The lowest BCUT2D eigenvalue weighted by atomic mass is 9.96. The molecule has 7 nitrogen and oxygen atoms in total. The number of carbonyl (C=O) groups is 2. The maximum atomic E-state index is 12.7. The Bertz CT molecular complexity index is 851. The average Bonchev–Trinajstić information content (AvgIpc) is 2.81. The molecular formula is C23H29N3O4. The molecule has 1 saturated heterocycles. The van der Waals surface area contributed by atoms with E-state index in [0.717, 1.165) is 38.0 Å².